The van der Waals surface area contributed by atoms with Crippen molar-refractivity contribution in [2.75, 3.05) is 0 Å². The molecule has 0 fully saturated rings. The second-order valence-corrected chi connectivity index (χ2v) is 15.2. The minimum Gasteiger partial charge on any atom is -0.309 e. The maximum absolute atomic E-state index is 2.45. The average molecular weight is 710 g/mol. The highest BCUT2D eigenvalue weighted by Crippen LogP contribution is 2.46. The van der Waals surface area contributed by atoms with Gasteiger partial charge >= 0.3 is 0 Å². The van der Waals surface area contributed by atoms with Crippen LogP contribution in [-0.4, -0.2) is 4.57 Å². The Kier molecular flexibility index (Phi) is 6.76. The van der Waals surface area contributed by atoms with Crippen molar-refractivity contribution in [3.05, 3.63) is 211 Å². The van der Waals surface area contributed by atoms with Crippen molar-refractivity contribution in [3.8, 4) is 50.2 Å². The molecule has 1 aliphatic carbocycles. The number of fused-ring (bicyclic) bond motifs is 12. The van der Waals surface area contributed by atoms with Crippen LogP contribution in [0, 0.1) is 0 Å². The van der Waals surface area contributed by atoms with Crippen LogP contribution in [-0.2, 0) is 6.42 Å². The van der Waals surface area contributed by atoms with Gasteiger partial charge in [0.05, 0.1) is 11.0 Å². The Bertz CT molecular complexity index is 3310. The summed E-state index contributed by atoms with van der Waals surface area (Å²) >= 11 is 0. The molecule has 0 aliphatic heterocycles. The second kappa shape index (κ2) is 12.1. The van der Waals surface area contributed by atoms with Gasteiger partial charge < -0.3 is 4.57 Å². The lowest BCUT2D eigenvalue weighted by Gasteiger charge is -2.16. The summed E-state index contributed by atoms with van der Waals surface area (Å²) in [5, 5.41) is 10.4. The SMILES string of the molecule is c1cc(-c2cccc(-n3c4ccccc4c4ccccc43)c2)cc(-c2cc(-c3ccc4c5ccccc5c5ccccc5c4c3)c3c(c2)-c2ccccc2C3)c1. The lowest BCUT2D eigenvalue weighted by atomic mass is 9.88. The number of para-hydroxylation sites is 2. The molecule has 0 amide bonds. The first-order chi connectivity index (χ1) is 27.8. The van der Waals surface area contributed by atoms with Crippen molar-refractivity contribution in [3.63, 3.8) is 0 Å². The summed E-state index contributed by atoms with van der Waals surface area (Å²) in [6.07, 6.45) is 0.938. The molecular weight excluding hydrogens is 675 g/mol. The maximum atomic E-state index is 2.45. The van der Waals surface area contributed by atoms with Crippen LogP contribution in [0.5, 0.6) is 0 Å². The van der Waals surface area contributed by atoms with Crippen LogP contribution in [0.25, 0.3) is 104 Å². The third kappa shape index (κ3) is 4.68. The van der Waals surface area contributed by atoms with E-state index in [1.54, 1.807) is 0 Å². The Morgan fingerprint density at radius 2 is 0.804 bits per heavy atom. The van der Waals surface area contributed by atoms with Crippen LogP contribution < -0.4 is 0 Å². The van der Waals surface area contributed by atoms with Gasteiger partial charge in [-0.3, -0.25) is 0 Å². The molecule has 0 radical (unpaired) electrons. The molecule has 260 valence electrons. The van der Waals surface area contributed by atoms with Crippen molar-refractivity contribution >= 4 is 54.1 Å². The molecule has 11 aromatic rings. The summed E-state index contributed by atoms with van der Waals surface area (Å²) in [7, 11) is 0. The van der Waals surface area contributed by atoms with Crippen molar-refractivity contribution in [2.24, 2.45) is 0 Å². The standard InChI is InChI=1S/C55H35N/c1-2-18-42-38(13-1)31-53-50(39-27-28-47-45-21-4-3-19-43(45)44-20-5-6-22-46(44)52(47)32-39)33-40(34-51(42)53)36-15-11-14-35(29-36)37-16-12-17-41(30-37)56-54-25-9-7-23-48(54)49-24-8-10-26-55(49)56/h1-30,32-34H,31H2. The molecule has 0 atom stereocenters. The molecule has 1 nitrogen and oxygen atoms in total. The largest absolute Gasteiger partial charge is 0.309 e. The minimum atomic E-state index is 0.938. The van der Waals surface area contributed by atoms with E-state index in [1.165, 1.54) is 115 Å². The van der Waals surface area contributed by atoms with Crippen LogP contribution in [0.15, 0.2) is 200 Å². The fourth-order valence-electron chi connectivity index (χ4n) is 9.63. The predicted octanol–water partition coefficient (Wildman–Crippen LogP) is 14.8. The Hall–Kier alpha value is -7.22. The number of rotatable bonds is 4. The molecule has 1 aliphatic rings. The third-order valence-electron chi connectivity index (χ3n) is 12.2. The first-order valence-electron chi connectivity index (χ1n) is 19.6. The molecule has 1 aromatic heterocycles. The van der Waals surface area contributed by atoms with E-state index >= 15 is 0 Å². The van der Waals surface area contributed by atoms with E-state index in [-0.39, 0.29) is 0 Å². The molecule has 0 spiro atoms. The van der Waals surface area contributed by atoms with Crippen molar-refractivity contribution < 1.29 is 0 Å². The highest BCUT2D eigenvalue weighted by Gasteiger charge is 2.24. The zero-order valence-corrected chi connectivity index (χ0v) is 30.7. The third-order valence-corrected chi connectivity index (χ3v) is 12.2. The zero-order valence-electron chi connectivity index (χ0n) is 30.7. The van der Waals surface area contributed by atoms with Gasteiger partial charge in [-0.05, 0) is 143 Å². The van der Waals surface area contributed by atoms with Gasteiger partial charge in [0, 0.05) is 16.5 Å². The van der Waals surface area contributed by atoms with E-state index in [4.69, 9.17) is 0 Å². The molecule has 0 bridgehead atoms. The van der Waals surface area contributed by atoms with Crippen LogP contribution in [0.1, 0.15) is 11.1 Å². The normalized spacial score (nSPS) is 12.2. The molecule has 0 N–H and O–H groups in total. The molecule has 12 rings (SSSR count). The van der Waals surface area contributed by atoms with Gasteiger partial charge in [-0.25, -0.2) is 0 Å². The smallest absolute Gasteiger partial charge is 0.0541 e. The summed E-state index contributed by atoms with van der Waals surface area (Å²) in [5.41, 5.74) is 16.5. The van der Waals surface area contributed by atoms with E-state index in [1.807, 2.05) is 0 Å². The highest BCUT2D eigenvalue weighted by atomic mass is 15.0. The molecule has 0 unspecified atom stereocenters. The Balaban J connectivity index is 1.03. The molecule has 1 heteroatoms. The van der Waals surface area contributed by atoms with E-state index in [0.29, 0.717) is 0 Å². The lowest BCUT2D eigenvalue weighted by Crippen LogP contribution is -1.94. The molecule has 0 saturated heterocycles. The van der Waals surface area contributed by atoms with Crippen LogP contribution in [0.4, 0.5) is 0 Å². The zero-order chi connectivity index (χ0) is 36.7. The molecule has 0 saturated carbocycles. The monoisotopic (exact) mass is 709 g/mol. The lowest BCUT2D eigenvalue weighted by molar-refractivity contribution is 1.18. The van der Waals surface area contributed by atoms with E-state index in [9.17, 15) is 0 Å². The summed E-state index contributed by atoms with van der Waals surface area (Å²) < 4.78 is 2.40. The first-order valence-corrected chi connectivity index (χ1v) is 19.6. The number of hydrogen-bond acceptors (Lipinski definition) is 0. The van der Waals surface area contributed by atoms with Crippen LogP contribution >= 0.6 is 0 Å². The Labute approximate surface area is 325 Å². The van der Waals surface area contributed by atoms with Gasteiger partial charge in [0.2, 0.25) is 0 Å². The molecule has 10 aromatic carbocycles. The quantitative estimate of drug-likeness (QED) is 0.160. The number of aromatic nitrogens is 1. The highest BCUT2D eigenvalue weighted by molar-refractivity contribution is 6.25. The fraction of sp³-hybridized carbons (Fsp3) is 0.0182. The average Bonchev–Trinajstić information content (AvgIpc) is 3.82. The van der Waals surface area contributed by atoms with E-state index in [2.05, 4.69) is 205 Å². The number of benzene rings is 10. The van der Waals surface area contributed by atoms with Gasteiger partial charge in [0.1, 0.15) is 0 Å². The second-order valence-electron chi connectivity index (χ2n) is 15.2. The topological polar surface area (TPSA) is 4.93 Å². The molecular formula is C55H35N. The van der Waals surface area contributed by atoms with E-state index in [0.717, 1.165) is 6.42 Å². The number of hydrogen-bond donors (Lipinski definition) is 0. The predicted molar refractivity (Wildman–Crippen MR) is 238 cm³/mol. The number of nitrogens with zero attached hydrogens (tertiary/aromatic N) is 1. The van der Waals surface area contributed by atoms with Crippen LogP contribution in [0.2, 0.25) is 0 Å². The van der Waals surface area contributed by atoms with Crippen molar-refractivity contribution in [1.29, 1.82) is 0 Å². The van der Waals surface area contributed by atoms with Gasteiger partial charge in [-0.1, -0.05) is 152 Å². The molecule has 56 heavy (non-hydrogen) atoms. The van der Waals surface area contributed by atoms with Gasteiger partial charge in [0.25, 0.3) is 0 Å². The van der Waals surface area contributed by atoms with Crippen molar-refractivity contribution in [1.82, 2.24) is 4.57 Å². The summed E-state index contributed by atoms with van der Waals surface area (Å²) in [6, 6.07) is 74.3. The maximum Gasteiger partial charge on any atom is 0.0541 e. The van der Waals surface area contributed by atoms with Gasteiger partial charge in [-0.2, -0.15) is 0 Å². The van der Waals surface area contributed by atoms with Gasteiger partial charge in [0.15, 0.2) is 0 Å². The van der Waals surface area contributed by atoms with Crippen molar-refractivity contribution in [2.45, 2.75) is 6.42 Å². The minimum absolute atomic E-state index is 0.938. The van der Waals surface area contributed by atoms with Crippen LogP contribution in [0.3, 0.4) is 0 Å². The summed E-state index contributed by atoms with van der Waals surface area (Å²) in [6.45, 7) is 0. The Morgan fingerprint density at radius 1 is 0.286 bits per heavy atom. The van der Waals surface area contributed by atoms with Gasteiger partial charge in [-0.15, -0.1) is 0 Å². The summed E-state index contributed by atoms with van der Waals surface area (Å²) in [5.74, 6) is 0. The van der Waals surface area contributed by atoms with E-state index < -0.39 is 0 Å². The Morgan fingerprint density at radius 3 is 1.50 bits per heavy atom. The summed E-state index contributed by atoms with van der Waals surface area (Å²) in [4.78, 5) is 0. The molecule has 1 heterocycles. The first kappa shape index (κ1) is 31.2. The fourth-order valence-corrected chi connectivity index (χ4v) is 9.63.